The van der Waals surface area contributed by atoms with E-state index in [9.17, 15) is 4.79 Å². The smallest absolute Gasteiger partial charge is 0.217 e. The molecule has 0 spiro atoms. The number of nitrogens with zero attached hydrogens (tertiary/aromatic N) is 3. The Bertz CT molecular complexity index is 920. The van der Waals surface area contributed by atoms with Crippen LogP contribution in [0.1, 0.15) is 24.4 Å². The Hall–Kier alpha value is -2.89. The number of aryl methyl sites for hydroxylation is 1. The fourth-order valence-electron chi connectivity index (χ4n) is 3.44. The number of benzene rings is 1. The second-order valence-corrected chi connectivity index (χ2v) is 6.48. The SMILES string of the molecule is CC(=O)NC1CN(c2cnc3ccccc3n2)CC1c1ccc(C)o1. The minimum Gasteiger partial charge on any atom is -0.466 e. The first-order valence-electron chi connectivity index (χ1n) is 8.40. The van der Waals surface area contributed by atoms with Gasteiger partial charge in [-0.1, -0.05) is 12.1 Å². The van der Waals surface area contributed by atoms with Crippen molar-refractivity contribution in [2.45, 2.75) is 25.8 Å². The molecule has 1 aromatic carbocycles. The second kappa shape index (κ2) is 6.20. The number of furan rings is 1. The van der Waals surface area contributed by atoms with Crippen molar-refractivity contribution in [1.82, 2.24) is 15.3 Å². The van der Waals surface area contributed by atoms with Crippen molar-refractivity contribution in [3.05, 3.63) is 54.1 Å². The highest BCUT2D eigenvalue weighted by Gasteiger charge is 2.37. The van der Waals surface area contributed by atoms with Gasteiger partial charge in [-0.15, -0.1) is 0 Å². The normalized spacial score (nSPS) is 20.2. The van der Waals surface area contributed by atoms with Crippen LogP contribution in [0.5, 0.6) is 0 Å². The topological polar surface area (TPSA) is 71.3 Å². The number of carbonyl (C=O) groups excluding carboxylic acids is 1. The monoisotopic (exact) mass is 336 g/mol. The molecule has 0 aliphatic carbocycles. The highest BCUT2D eigenvalue weighted by Crippen LogP contribution is 2.31. The van der Waals surface area contributed by atoms with Crippen molar-refractivity contribution < 1.29 is 9.21 Å². The molecule has 3 heterocycles. The lowest BCUT2D eigenvalue weighted by Gasteiger charge is -2.17. The fraction of sp³-hybridized carbons (Fsp3) is 0.316. The Morgan fingerprint density at radius 2 is 2.00 bits per heavy atom. The summed E-state index contributed by atoms with van der Waals surface area (Å²) in [5.41, 5.74) is 1.75. The maximum Gasteiger partial charge on any atom is 0.217 e. The predicted octanol–water partition coefficient (Wildman–Crippen LogP) is 2.64. The number of aromatic nitrogens is 2. The first-order valence-corrected chi connectivity index (χ1v) is 8.40. The molecule has 2 atom stereocenters. The quantitative estimate of drug-likeness (QED) is 0.796. The molecule has 2 aromatic heterocycles. The third-order valence-corrected chi connectivity index (χ3v) is 4.59. The Labute approximate surface area is 145 Å². The zero-order valence-electron chi connectivity index (χ0n) is 14.3. The second-order valence-electron chi connectivity index (χ2n) is 6.48. The average Bonchev–Trinajstić information content (AvgIpc) is 3.20. The molecule has 25 heavy (non-hydrogen) atoms. The predicted molar refractivity (Wildman–Crippen MR) is 95.5 cm³/mol. The van der Waals surface area contributed by atoms with Gasteiger partial charge in [0.05, 0.1) is 29.2 Å². The third kappa shape index (κ3) is 3.07. The summed E-state index contributed by atoms with van der Waals surface area (Å²) < 4.78 is 5.82. The average molecular weight is 336 g/mol. The highest BCUT2D eigenvalue weighted by atomic mass is 16.3. The van der Waals surface area contributed by atoms with Crippen LogP contribution >= 0.6 is 0 Å². The van der Waals surface area contributed by atoms with Crippen LogP contribution in [-0.2, 0) is 4.79 Å². The van der Waals surface area contributed by atoms with E-state index in [4.69, 9.17) is 9.40 Å². The van der Waals surface area contributed by atoms with Gasteiger partial charge < -0.3 is 14.6 Å². The van der Waals surface area contributed by atoms with E-state index in [1.165, 1.54) is 0 Å². The zero-order valence-corrected chi connectivity index (χ0v) is 14.3. The van der Waals surface area contributed by atoms with Crippen LogP contribution in [0, 0.1) is 6.92 Å². The molecule has 0 bridgehead atoms. The van der Waals surface area contributed by atoms with Crippen molar-refractivity contribution in [3.8, 4) is 0 Å². The number of hydrogen-bond donors (Lipinski definition) is 1. The summed E-state index contributed by atoms with van der Waals surface area (Å²) in [6, 6.07) is 11.7. The van der Waals surface area contributed by atoms with Crippen molar-refractivity contribution in [3.63, 3.8) is 0 Å². The number of amides is 1. The van der Waals surface area contributed by atoms with Gasteiger partial charge in [0.1, 0.15) is 17.3 Å². The summed E-state index contributed by atoms with van der Waals surface area (Å²) in [6.45, 7) is 4.88. The summed E-state index contributed by atoms with van der Waals surface area (Å²) in [7, 11) is 0. The molecule has 2 unspecified atom stereocenters. The van der Waals surface area contributed by atoms with Crippen molar-refractivity contribution in [1.29, 1.82) is 0 Å². The maximum absolute atomic E-state index is 11.6. The lowest BCUT2D eigenvalue weighted by atomic mass is 10.0. The summed E-state index contributed by atoms with van der Waals surface area (Å²) in [6.07, 6.45) is 1.79. The molecule has 6 nitrogen and oxygen atoms in total. The summed E-state index contributed by atoms with van der Waals surface area (Å²) in [4.78, 5) is 23.0. The lowest BCUT2D eigenvalue weighted by Crippen LogP contribution is -2.38. The van der Waals surface area contributed by atoms with Gasteiger partial charge in [0, 0.05) is 20.0 Å². The minimum atomic E-state index is -0.0373. The molecular weight excluding hydrogens is 316 g/mol. The number of rotatable bonds is 3. The third-order valence-electron chi connectivity index (χ3n) is 4.59. The van der Waals surface area contributed by atoms with Gasteiger partial charge in [0.25, 0.3) is 0 Å². The molecule has 128 valence electrons. The van der Waals surface area contributed by atoms with E-state index in [0.717, 1.165) is 34.9 Å². The Morgan fingerprint density at radius 1 is 1.20 bits per heavy atom. The van der Waals surface area contributed by atoms with Gasteiger partial charge in [-0.05, 0) is 31.2 Å². The molecule has 1 saturated heterocycles. The molecular formula is C19H20N4O2. The molecule has 1 aliphatic heterocycles. The standard InChI is InChI=1S/C19H20N4O2/c1-12-7-8-18(25-12)14-10-23(11-17(14)21-13(2)24)19-9-20-15-5-3-4-6-16(15)22-19/h3-9,14,17H,10-11H2,1-2H3,(H,21,24). The van der Waals surface area contributed by atoms with E-state index in [1.807, 2.05) is 43.3 Å². The van der Waals surface area contributed by atoms with Gasteiger partial charge in [-0.2, -0.15) is 0 Å². The van der Waals surface area contributed by atoms with E-state index < -0.39 is 0 Å². The molecule has 0 saturated carbocycles. The van der Waals surface area contributed by atoms with Crippen LogP contribution in [0.25, 0.3) is 11.0 Å². The summed E-state index contributed by atoms with van der Waals surface area (Å²) in [5.74, 6) is 2.64. The van der Waals surface area contributed by atoms with Gasteiger partial charge in [0.15, 0.2) is 0 Å². The Balaban J connectivity index is 1.64. The van der Waals surface area contributed by atoms with Gasteiger partial charge in [-0.3, -0.25) is 9.78 Å². The zero-order chi connectivity index (χ0) is 17.4. The fourth-order valence-corrected chi connectivity index (χ4v) is 3.44. The Morgan fingerprint density at radius 3 is 2.72 bits per heavy atom. The number of anilines is 1. The Kier molecular flexibility index (Phi) is 3.87. The number of hydrogen-bond acceptors (Lipinski definition) is 5. The number of carbonyl (C=O) groups is 1. The molecule has 1 aliphatic rings. The molecule has 1 amide bonds. The van der Waals surface area contributed by atoms with Gasteiger partial charge >= 0.3 is 0 Å². The number of nitrogens with one attached hydrogen (secondary N) is 1. The molecule has 3 aromatic rings. The molecule has 6 heteroatoms. The minimum absolute atomic E-state index is 0.0173. The molecule has 1 N–H and O–H groups in total. The van der Waals surface area contributed by atoms with Crippen LogP contribution in [0.3, 0.4) is 0 Å². The van der Waals surface area contributed by atoms with Crippen LogP contribution in [-0.4, -0.2) is 35.0 Å². The number of para-hydroxylation sites is 2. The van der Waals surface area contributed by atoms with Crippen molar-refractivity contribution >= 4 is 22.8 Å². The van der Waals surface area contributed by atoms with Crippen LogP contribution in [0.15, 0.2) is 47.0 Å². The lowest BCUT2D eigenvalue weighted by molar-refractivity contribution is -0.119. The summed E-state index contributed by atoms with van der Waals surface area (Å²) >= 11 is 0. The van der Waals surface area contributed by atoms with E-state index in [2.05, 4.69) is 15.2 Å². The van der Waals surface area contributed by atoms with E-state index in [-0.39, 0.29) is 17.9 Å². The van der Waals surface area contributed by atoms with E-state index in [1.54, 1.807) is 13.1 Å². The van der Waals surface area contributed by atoms with E-state index in [0.29, 0.717) is 6.54 Å². The maximum atomic E-state index is 11.6. The van der Waals surface area contributed by atoms with Crippen molar-refractivity contribution in [2.75, 3.05) is 18.0 Å². The van der Waals surface area contributed by atoms with Crippen LogP contribution in [0.4, 0.5) is 5.82 Å². The van der Waals surface area contributed by atoms with Gasteiger partial charge in [-0.25, -0.2) is 4.98 Å². The molecule has 1 fully saturated rings. The largest absolute Gasteiger partial charge is 0.466 e. The highest BCUT2D eigenvalue weighted by molar-refractivity contribution is 5.76. The molecule has 0 radical (unpaired) electrons. The first kappa shape index (κ1) is 15.6. The first-order chi connectivity index (χ1) is 12.1. The molecule has 4 rings (SSSR count). The summed E-state index contributed by atoms with van der Waals surface area (Å²) in [5, 5.41) is 3.05. The van der Waals surface area contributed by atoms with Crippen molar-refractivity contribution in [2.24, 2.45) is 0 Å². The van der Waals surface area contributed by atoms with Crippen LogP contribution < -0.4 is 10.2 Å². The number of fused-ring (bicyclic) bond motifs is 1. The van der Waals surface area contributed by atoms with Crippen LogP contribution in [0.2, 0.25) is 0 Å². The van der Waals surface area contributed by atoms with Gasteiger partial charge in [0.2, 0.25) is 5.91 Å². The van der Waals surface area contributed by atoms with E-state index >= 15 is 0 Å².